The molecule has 1 aliphatic rings. The van der Waals surface area contributed by atoms with Crippen LogP contribution in [0.25, 0.3) is 11.1 Å². The molecule has 1 aliphatic heterocycles. The highest BCUT2D eigenvalue weighted by Gasteiger charge is 2.33. The number of nitrogens with one attached hydrogen (secondary N) is 1. The van der Waals surface area contributed by atoms with E-state index >= 15 is 0 Å². The van der Waals surface area contributed by atoms with Crippen LogP contribution < -0.4 is 16.0 Å². The van der Waals surface area contributed by atoms with Crippen LogP contribution in [-0.4, -0.2) is 54.6 Å². The van der Waals surface area contributed by atoms with E-state index in [1.807, 2.05) is 9.80 Å². The SMILES string of the molecule is CNc1ncnc(N2CCN(C(CN)c3ccc(C(F)(F)F)cc3F)CC2)c1-c1ccc(F)cc1. The molecule has 0 saturated carbocycles. The average molecular weight is 492 g/mol. The lowest BCUT2D eigenvalue weighted by Gasteiger charge is -2.40. The summed E-state index contributed by atoms with van der Waals surface area (Å²) in [7, 11) is 1.74. The summed E-state index contributed by atoms with van der Waals surface area (Å²) < 4.78 is 66.9. The second-order valence-corrected chi connectivity index (χ2v) is 8.19. The lowest BCUT2D eigenvalue weighted by atomic mass is 10.0. The van der Waals surface area contributed by atoms with Gasteiger partial charge in [0.15, 0.2) is 0 Å². The summed E-state index contributed by atoms with van der Waals surface area (Å²) in [6.45, 7) is 2.08. The van der Waals surface area contributed by atoms with E-state index in [-0.39, 0.29) is 17.9 Å². The minimum absolute atomic E-state index is 0.0561. The summed E-state index contributed by atoms with van der Waals surface area (Å²) in [6, 6.07) is 8.06. The highest BCUT2D eigenvalue weighted by atomic mass is 19.4. The second-order valence-electron chi connectivity index (χ2n) is 8.19. The molecule has 3 aromatic rings. The Balaban J connectivity index is 1.56. The highest BCUT2D eigenvalue weighted by molar-refractivity contribution is 5.85. The predicted molar refractivity (Wildman–Crippen MR) is 124 cm³/mol. The topological polar surface area (TPSA) is 70.3 Å². The number of nitrogens with zero attached hydrogens (tertiary/aromatic N) is 4. The van der Waals surface area contributed by atoms with Gasteiger partial charge in [-0.2, -0.15) is 13.2 Å². The number of nitrogens with two attached hydrogens (primary N) is 1. The Bertz CT molecular complexity index is 1160. The largest absolute Gasteiger partial charge is 0.416 e. The number of rotatable bonds is 6. The van der Waals surface area contributed by atoms with Gasteiger partial charge >= 0.3 is 6.18 Å². The molecule has 6 nitrogen and oxygen atoms in total. The maximum Gasteiger partial charge on any atom is 0.416 e. The molecule has 1 unspecified atom stereocenters. The van der Waals surface area contributed by atoms with Gasteiger partial charge in [-0.15, -0.1) is 0 Å². The van der Waals surface area contributed by atoms with Crippen molar-refractivity contribution in [1.29, 1.82) is 0 Å². The normalized spacial score (nSPS) is 15.8. The summed E-state index contributed by atoms with van der Waals surface area (Å²) in [5.74, 6) is -0.0165. The van der Waals surface area contributed by atoms with Gasteiger partial charge < -0.3 is 16.0 Å². The summed E-state index contributed by atoms with van der Waals surface area (Å²) in [4.78, 5) is 12.8. The molecule has 0 amide bonds. The number of anilines is 2. The van der Waals surface area contributed by atoms with Crippen LogP contribution in [0.4, 0.5) is 33.6 Å². The Labute approximate surface area is 199 Å². The Morgan fingerprint density at radius 1 is 1.00 bits per heavy atom. The highest BCUT2D eigenvalue weighted by Crippen LogP contribution is 2.36. The minimum Gasteiger partial charge on any atom is -0.372 e. The number of alkyl halides is 3. The van der Waals surface area contributed by atoms with Gasteiger partial charge in [0.25, 0.3) is 0 Å². The average Bonchev–Trinajstić information content (AvgIpc) is 2.85. The fraction of sp³-hybridized carbons (Fsp3) is 0.333. The van der Waals surface area contributed by atoms with Gasteiger partial charge in [-0.25, -0.2) is 18.7 Å². The Morgan fingerprint density at radius 3 is 2.26 bits per heavy atom. The summed E-state index contributed by atoms with van der Waals surface area (Å²) >= 11 is 0. The van der Waals surface area contributed by atoms with Crippen molar-refractivity contribution in [3.8, 4) is 11.1 Å². The van der Waals surface area contributed by atoms with Crippen LogP contribution >= 0.6 is 0 Å². The van der Waals surface area contributed by atoms with Crippen molar-refractivity contribution in [3.63, 3.8) is 0 Å². The first-order chi connectivity index (χ1) is 16.7. The lowest BCUT2D eigenvalue weighted by Crippen LogP contribution is -2.49. The predicted octanol–water partition coefficient (Wildman–Crippen LogP) is 4.30. The van der Waals surface area contributed by atoms with Gasteiger partial charge in [0.05, 0.1) is 17.2 Å². The molecule has 1 aromatic heterocycles. The van der Waals surface area contributed by atoms with Gasteiger partial charge in [-0.05, 0) is 29.8 Å². The first kappa shape index (κ1) is 24.8. The first-order valence-electron chi connectivity index (χ1n) is 11.1. The fourth-order valence-electron chi connectivity index (χ4n) is 4.38. The summed E-state index contributed by atoms with van der Waals surface area (Å²) in [5, 5.41) is 3.05. The molecule has 3 N–H and O–H groups in total. The fourth-order valence-corrected chi connectivity index (χ4v) is 4.38. The third kappa shape index (κ3) is 5.20. The van der Waals surface area contributed by atoms with E-state index < -0.39 is 23.6 Å². The van der Waals surface area contributed by atoms with Gasteiger partial charge in [0.2, 0.25) is 0 Å². The minimum atomic E-state index is -4.62. The molecule has 0 aliphatic carbocycles. The van der Waals surface area contributed by atoms with Crippen LogP contribution in [0.5, 0.6) is 0 Å². The molecule has 0 spiro atoms. The number of hydrogen-bond acceptors (Lipinski definition) is 6. The van der Waals surface area contributed by atoms with Crippen LogP contribution in [0.2, 0.25) is 0 Å². The molecule has 35 heavy (non-hydrogen) atoms. The number of hydrogen-bond donors (Lipinski definition) is 2. The second kappa shape index (κ2) is 10.1. The van der Waals surface area contributed by atoms with E-state index in [1.165, 1.54) is 18.5 Å². The monoisotopic (exact) mass is 492 g/mol. The van der Waals surface area contributed by atoms with E-state index in [1.54, 1.807) is 19.2 Å². The molecule has 0 radical (unpaired) electrons. The summed E-state index contributed by atoms with van der Waals surface area (Å²) in [6.07, 6.45) is -3.17. The van der Waals surface area contributed by atoms with Crippen molar-refractivity contribution < 1.29 is 22.0 Å². The molecule has 1 fully saturated rings. The van der Waals surface area contributed by atoms with Crippen LogP contribution in [0.15, 0.2) is 48.8 Å². The number of benzene rings is 2. The van der Waals surface area contributed by atoms with Crippen LogP contribution in [0.1, 0.15) is 17.2 Å². The van der Waals surface area contributed by atoms with Gasteiger partial charge in [0, 0.05) is 45.3 Å². The molecule has 4 rings (SSSR count). The molecule has 11 heteroatoms. The van der Waals surface area contributed by atoms with Crippen molar-refractivity contribution in [2.45, 2.75) is 12.2 Å². The van der Waals surface area contributed by atoms with Crippen LogP contribution in [0.3, 0.4) is 0 Å². The van der Waals surface area contributed by atoms with Crippen molar-refractivity contribution >= 4 is 11.6 Å². The molecule has 186 valence electrons. The quantitative estimate of drug-likeness (QED) is 0.500. The van der Waals surface area contributed by atoms with E-state index in [2.05, 4.69) is 15.3 Å². The molecule has 1 saturated heterocycles. The van der Waals surface area contributed by atoms with Gasteiger partial charge in [-0.3, -0.25) is 4.90 Å². The zero-order valence-corrected chi connectivity index (χ0v) is 19.0. The molecule has 2 heterocycles. The Morgan fingerprint density at radius 2 is 1.69 bits per heavy atom. The van der Waals surface area contributed by atoms with Gasteiger partial charge in [0.1, 0.15) is 29.6 Å². The van der Waals surface area contributed by atoms with E-state index in [0.717, 1.165) is 23.3 Å². The molecule has 0 bridgehead atoms. The van der Waals surface area contributed by atoms with Crippen LogP contribution in [-0.2, 0) is 6.18 Å². The summed E-state index contributed by atoms with van der Waals surface area (Å²) in [5.41, 5.74) is 6.51. The zero-order chi connectivity index (χ0) is 25.2. The number of aromatic nitrogens is 2. The van der Waals surface area contributed by atoms with E-state index in [4.69, 9.17) is 5.73 Å². The maximum absolute atomic E-state index is 14.6. The lowest BCUT2D eigenvalue weighted by molar-refractivity contribution is -0.137. The zero-order valence-electron chi connectivity index (χ0n) is 19.0. The van der Waals surface area contributed by atoms with Crippen molar-refractivity contribution in [3.05, 3.63) is 71.6 Å². The third-order valence-electron chi connectivity index (χ3n) is 6.16. The third-order valence-corrected chi connectivity index (χ3v) is 6.16. The molecular formula is C24H25F5N6. The molecule has 2 aromatic carbocycles. The van der Waals surface area contributed by atoms with Crippen molar-refractivity contribution in [2.75, 3.05) is 50.0 Å². The van der Waals surface area contributed by atoms with Crippen molar-refractivity contribution in [2.24, 2.45) is 5.73 Å². The number of piperazine rings is 1. The Hall–Kier alpha value is -3.31. The van der Waals surface area contributed by atoms with Gasteiger partial charge in [-0.1, -0.05) is 18.2 Å². The van der Waals surface area contributed by atoms with E-state index in [9.17, 15) is 22.0 Å². The van der Waals surface area contributed by atoms with E-state index in [0.29, 0.717) is 43.9 Å². The molecule has 1 atom stereocenters. The first-order valence-corrected chi connectivity index (χ1v) is 11.1. The smallest absolute Gasteiger partial charge is 0.372 e. The Kier molecular flexibility index (Phi) is 7.18. The number of halogens is 5. The molecular weight excluding hydrogens is 467 g/mol. The van der Waals surface area contributed by atoms with Crippen molar-refractivity contribution in [1.82, 2.24) is 14.9 Å². The van der Waals surface area contributed by atoms with Crippen LogP contribution in [0, 0.1) is 11.6 Å². The maximum atomic E-state index is 14.6. The standard InChI is InChI=1S/C24H25F5N6/c1-31-22-21(15-2-5-17(25)6-3-15)23(33-14-32-22)35-10-8-34(9-11-35)20(13-30)18-7-4-16(12-19(18)26)24(27,28)29/h2-7,12,14,20H,8-11,13,30H2,1H3,(H,31,32,33).